The number of halogens is 1. The average Bonchev–Trinajstić information content (AvgIpc) is 2.88. The fraction of sp³-hybridized carbons (Fsp3) is 0.481. The van der Waals surface area contributed by atoms with Crippen molar-refractivity contribution >= 4 is 27.9 Å². The smallest absolute Gasteiger partial charge is 0.407 e. The maximum absolute atomic E-state index is 13.9. The highest BCUT2D eigenvalue weighted by Gasteiger charge is 2.45. The van der Waals surface area contributed by atoms with Crippen LogP contribution in [0.2, 0.25) is 0 Å². The molecule has 36 heavy (non-hydrogen) atoms. The predicted molar refractivity (Wildman–Crippen MR) is 138 cm³/mol. The van der Waals surface area contributed by atoms with Crippen LogP contribution in [0.25, 0.3) is 0 Å². The van der Waals surface area contributed by atoms with Crippen molar-refractivity contribution in [3.8, 4) is 11.5 Å². The molecule has 1 saturated heterocycles. The van der Waals surface area contributed by atoms with Crippen molar-refractivity contribution in [3.63, 3.8) is 0 Å². The van der Waals surface area contributed by atoms with Crippen LogP contribution in [0.15, 0.2) is 46.9 Å². The highest BCUT2D eigenvalue weighted by atomic mass is 79.9. The Bertz CT molecular complexity index is 1070. The summed E-state index contributed by atoms with van der Waals surface area (Å²) in [5, 5.41) is 21.0. The van der Waals surface area contributed by atoms with Crippen LogP contribution in [-0.4, -0.2) is 70.9 Å². The highest BCUT2D eigenvalue weighted by molar-refractivity contribution is 9.10. The summed E-state index contributed by atoms with van der Waals surface area (Å²) in [6.45, 7) is 1.47. The maximum atomic E-state index is 13.9. The van der Waals surface area contributed by atoms with E-state index < -0.39 is 17.6 Å². The third kappa shape index (κ3) is 5.78. The molecule has 194 valence electrons. The molecule has 0 aromatic heterocycles. The Kier molecular flexibility index (Phi) is 8.41. The molecule has 0 radical (unpaired) electrons. The van der Waals surface area contributed by atoms with Crippen molar-refractivity contribution in [3.05, 3.63) is 58.1 Å². The number of nitrogens with zero attached hydrogens (tertiary/aromatic N) is 2. The molecule has 0 bridgehead atoms. The first-order valence-electron chi connectivity index (χ1n) is 12.4. The number of carbonyl (C=O) groups is 2. The van der Waals surface area contributed by atoms with Gasteiger partial charge in [0.2, 0.25) is 5.91 Å². The number of carboxylic acid groups (broad SMARTS) is 1. The summed E-state index contributed by atoms with van der Waals surface area (Å²) in [6, 6.07) is 13.4. The number of ether oxygens (including phenoxy) is 2. The molecule has 2 fully saturated rings. The van der Waals surface area contributed by atoms with Crippen LogP contribution < -0.4 is 9.47 Å². The van der Waals surface area contributed by atoms with Gasteiger partial charge in [-0.15, -0.1) is 0 Å². The molecule has 8 nitrogen and oxygen atoms in total. The van der Waals surface area contributed by atoms with Crippen molar-refractivity contribution in [2.75, 3.05) is 33.3 Å². The zero-order valence-electron chi connectivity index (χ0n) is 20.5. The van der Waals surface area contributed by atoms with Crippen molar-refractivity contribution in [2.24, 2.45) is 0 Å². The third-order valence-electron chi connectivity index (χ3n) is 7.18. The van der Waals surface area contributed by atoms with Crippen LogP contribution in [-0.2, 0) is 11.4 Å². The lowest BCUT2D eigenvalue weighted by Gasteiger charge is -2.42. The summed E-state index contributed by atoms with van der Waals surface area (Å²) in [4.78, 5) is 28.2. The Hall–Kier alpha value is -2.78. The molecule has 4 rings (SSSR count). The van der Waals surface area contributed by atoms with Crippen molar-refractivity contribution in [1.29, 1.82) is 0 Å². The number of hydrogen-bond acceptors (Lipinski definition) is 5. The van der Waals surface area contributed by atoms with E-state index in [2.05, 4.69) is 15.9 Å². The molecule has 1 aliphatic carbocycles. The van der Waals surface area contributed by atoms with Gasteiger partial charge in [0.05, 0.1) is 23.1 Å². The topological polar surface area (TPSA) is 99.5 Å². The van der Waals surface area contributed by atoms with E-state index in [0.717, 1.165) is 24.8 Å². The Morgan fingerprint density at radius 3 is 2.28 bits per heavy atom. The summed E-state index contributed by atoms with van der Waals surface area (Å²) in [5.41, 5.74) is 0.484. The van der Waals surface area contributed by atoms with Gasteiger partial charge in [0, 0.05) is 26.2 Å². The lowest BCUT2D eigenvalue weighted by Crippen LogP contribution is -2.54. The monoisotopic (exact) mass is 560 g/mol. The van der Waals surface area contributed by atoms with E-state index in [-0.39, 0.29) is 19.0 Å². The fourth-order valence-corrected chi connectivity index (χ4v) is 5.79. The predicted octanol–water partition coefficient (Wildman–Crippen LogP) is 4.64. The first-order valence-corrected chi connectivity index (χ1v) is 13.1. The molecule has 2 aromatic rings. The SMILES string of the molecule is COc1cc(C(C(=O)N2CCN(C(=O)O)CC2)C2(O)CCCCC2)cc(Br)c1OCc1ccccc1. The molecule has 9 heteroatoms. The molecule has 1 atom stereocenters. The molecule has 2 aliphatic rings. The number of rotatable bonds is 7. The van der Waals surface area contributed by atoms with Crippen molar-refractivity contribution < 1.29 is 29.3 Å². The van der Waals surface area contributed by atoms with Crippen LogP contribution >= 0.6 is 15.9 Å². The molecule has 2 aromatic carbocycles. The van der Waals surface area contributed by atoms with Gasteiger partial charge in [0.1, 0.15) is 6.61 Å². The maximum Gasteiger partial charge on any atom is 0.407 e. The lowest BCUT2D eigenvalue weighted by molar-refractivity contribution is -0.143. The molecule has 0 spiro atoms. The number of aliphatic hydroxyl groups is 1. The number of hydrogen-bond donors (Lipinski definition) is 2. The molecule has 1 aliphatic heterocycles. The lowest BCUT2D eigenvalue weighted by atomic mass is 9.72. The van der Waals surface area contributed by atoms with Gasteiger partial charge in [0.25, 0.3) is 0 Å². The van der Waals surface area contributed by atoms with Crippen molar-refractivity contribution in [2.45, 2.75) is 50.2 Å². The molecular weight excluding hydrogens is 528 g/mol. The van der Waals surface area contributed by atoms with Gasteiger partial charge in [-0.3, -0.25) is 4.79 Å². The van der Waals surface area contributed by atoms with Crippen LogP contribution in [0.1, 0.15) is 49.1 Å². The van der Waals surface area contributed by atoms with Gasteiger partial charge in [-0.1, -0.05) is 49.6 Å². The standard InChI is InChI=1S/C27H33BrN2O6/c1-35-22-17-20(16-21(28)24(22)36-18-19-8-4-2-5-9-19)23(27(34)10-6-3-7-11-27)25(31)29-12-14-30(15-13-29)26(32)33/h2,4-5,8-9,16-17,23,34H,3,6-7,10-15,18H2,1H3,(H,32,33). The van der Waals surface area contributed by atoms with Gasteiger partial charge in [-0.05, 0) is 52.0 Å². The number of carbonyl (C=O) groups excluding carboxylic acids is 1. The summed E-state index contributed by atoms with van der Waals surface area (Å²) >= 11 is 3.61. The van der Waals surface area contributed by atoms with E-state index in [1.54, 1.807) is 18.1 Å². The average molecular weight is 561 g/mol. The quantitative estimate of drug-likeness (QED) is 0.511. The Morgan fingerprint density at radius 2 is 1.67 bits per heavy atom. The van der Waals surface area contributed by atoms with Gasteiger partial charge in [0.15, 0.2) is 11.5 Å². The van der Waals surface area contributed by atoms with Gasteiger partial charge < -0.3 is 29.5 Å². The van der Waals surface area contributed by atoms with Gasteiger partial charge in [-0.2, -0.15) is 0 Å². The Balaban J connectivity index is 1.64. The highest BCUT2D eigenvalue weighted by Crippen LogP contribution is 2.45. The molecule has 1 heterocycles. The van der Waals surface area contributed by atoms with Crippen LogP contribution in [0.4, 0.5) is 4.79 Å². The minimum absolute atomic E-state index is 0.184. The van der Waals surface area contributed by atoms with E-state index in [0.29, 0.717) is 54.1 Å². The number of methoxy groups -OCH3 is 1. The molecule has 2 amide bonds. The van der Waals surface area contributed by atoms with E-state index in [1.807, 2.05) is 36.4 Å². The van der Waals surface area contributed by atoms with E-state index in [1.165, 1.54) is 4.90 Å². The first-order chi connectivity index (χ1) is 17.3. The second-order valence-electron chi connectivity index (χ2n) is 9.50. The summed E-state index contributed by atoms with van der Waals surface area (Å²) in [5.74, 6) is 0.0316. The largest absolute Gasteiger partial charge is 0.493 e. The number of benzene rings is 2. The van der Waals surface area contributed by atoms with E-state index >= 15 is 0 Å². The fourth-order valence-electron chi connectivity index (χ4n) is 5.21. The zero-order chi connectivity index (χ0) is 25.7. The summed E-state index contributed by atoms with van der Waals surface area (Å²) in [6.07, 6.45) is 2.81. The van der Waals surface area contributed by atoms with Crippen LogP contribution in [0.3, 0.4) is 0 Å². The number of piperazine rings is 1. The molecule has 1 unspecified atom stereocenters. The van der Waals surface area contributed by atoms with Gasteiger partial charge in [-0.25, -0.2) is 4.79 Å². The third-order valence-corrected chi connectivity index (χ3v) is 7.77. The Morgan fingerprint density at radius 1 is 1.03 bits per heavy atom. The first kappa shape index (κ1) is 26.3. The normalized spacial score (nSPS) is 18.4. The number of amides is 2. The van der Waals surface area contributed by atoms with E-state index in [4.69, 9.17) is 9.47 Å². The second-order valence-corrected chi connectivity index (χ2v) is 10.4. The zero-order valence-corrected chi connectivity index (χ0v) is 22.1. The molecular formula is C27H33BrN2O6. The Labute approximate surface area is 219 Å². The molecule has 1 saturated carbocycles. The van der Waals surface area contributed by atoms with Gasteiger partial charge >= 0.3 is 6.09 Å². The summed E-state index contributed by atoms with van der Waals surface area (Å²) < 4.78 is 12.4. The summed E-state index contributed by atoms with van der Waals surface area (Å²) in [7, 11) is 1.55. The van der Waals surface area contributed by atoms with Crippen molar-refractivity contribution in [1.82, 2.24) is 9.80 Å². The van der Waals surface area contributed by atoms with E-state index in [9.17, 15) is 19.8 Å². The minimum Gasteiger partial charge on any atom is -0.493 e. The van der Waals surface area contributed by atoms with Crippen LogP contribution in [0.5, 0.6) is 11.5 Å². The second kappa shape index (κ2) is 11.5. The molecule has 2 N–H and O–H groups in total. The minimum atomic E-state index is -1.18. The van der Waals surface area contributed by atoms with Crippen LogP contribution in [0, 0.1) is 0 Å².